The van der Waals surface area contributed by atoms with Crippen molar-refractivity contribution in [1.29, 1.82) is 0 Å². The Morgan fingerprint density at radius 1 is 0.423 bits per heavy atom. The standard InChI is InChI=1S/2C11H25N.2H2S/c2*1-3-5-7-9-11(12)10-8-6-4-2;;/h2*11H,3-10,12H2,1-2H3;2*1H2. The van der Waals surface area contributed by atoms with Crippen LogP contribution >= 0.6 is 27.0 Å². The lowest BCUT2D eigenvalue weighted by atomic mass is 10.0. The van der Waals surface area contributed by atoms with Crippen LogP contribution in [0.15, 0.2) is 0 Å². The molecule has 0 fully saturated rings. The minimum atomic E-state index is 0. The maximum absolute atomic E-state index is 5.96. The molecule has 0 amide bonds. The van der Waals surface area contributed by atoms with Gasteiger partial charge in [-0.2, -0.15) is 27.0 Å². The molecule has 0 heterocycles. The molecule has 0 aromatic carbocycles. The third-order valence-corrected chi connectivity index (χ3v) is 4.71. The van der Waals surface area contributed by atoms with Crippen LogP contribution in [0.2, 0.25) is 0 Å². The van der Waals surface area contributed by atoms with E-state index in [1.54, 1.807) is 0 Å². The van der Waals surface area contributed by atoms with E-state index in [0.29, 0.717) is 12.1 Å². The van der Waals surface area contributed by atoms with Gasteiger partial charge in [-0.05, 0) is 25.7 Å². The summed E-state index contributed by atoms with van der Waals surface area (Å²) >= 11 is 0. The van der Waals surface area contributed by atoms with Gasteiger partial charge in [-0.15, -0.1) is 0 Å². The third kappa shape index (κ3) is 32.3. The lowest BCUT2D eigenvalue weighted by Crippen LogP contribution is -2.19. The molecule has 0 spiro atoms. The van der Waals surface area contributed by atoms with Gasteiger partial charge in [0.15, 0.2) is 0 Å². The lowest BCUT2D eigenvalue weighted by molar-refractivity contribution is 0.502. The van der Waals surface area contributed by atoms with Gasteiger partial charge in [-0.3, -0.25) is 0 Å². The summed E-state index contributed by atoms with van der Waals surface area (Å²) in [6, 6.07) is 0.950. The Kier molecular flexibility index (Phi) is 39.9. The second-order valence-electron chi connectivity index (χ2n) is 7.50. The Morgan fingerprint density at radius 2 is 0.615 bits per heavy atom. The number of nitrogens with two attached hydrogens (primary N) is 2. The Labute approximate surface area is 180 Å². The molecule has 0 saturated heterocycles. The lowest BCUT2D eigenvalue weighted by Gasteiger charge is -2.09. The summed E-state index contributed by atoms with van der Waals surface area (Å²) in [7, 11) is 0. The highest BCUT2D eigenvalue weighted by atomic mass is 32.1. The Hall–Kier alpha value is 0.620. The van der Waals surface area contributed by atoms with E-state index in [4.69, 9.17) is 11.5 Å². The fourth-order valence-corrected chi connectivity index (χ4v) is 2.91. The summed E-state index contributed by atoms with van der Waals surface area (Å²) in [5.74, 6) is 0. The molecule has 4 N–H and O–H groups in total. The van der Waals surface area contributed by atoms with Crippen molar-refractivity contribution >= 4 is 27.0 Å². The predicted molar refractivity (Wildman–Crippen MR) is 133 cm³/mol. The topological polar surface area (TPSA) is 52.0 Å². The van der Waals surface area contributed by atoms with Crippen molar-refractivity contribution in [2.24, 2.45) is 11.5 Å². The molecule has 0 aliphatic carbocycles. The Balaban J connectivity index is -0.000000173. The predicted octanol–water partition coefficient (Wildman–Crippen LogP) is 7.17. The van der Waals surface area contributed by atoms with Gasteiger partial charge < -0.3 is 11.5 Å². The fourth-order valence-electron chi connectivity index (χ4n) is 2.91. The molecule has 0 rings (SSSR count). The third-order valence-electron chi connectivity index (χ3n) is 4.71. The number of hydrogen-bond donors (Lipinski definition) is 2. The van der Waals surface area contributed by atoms with Crippen LogP contribution in [-0.4, -0.2) is 12.1 Å². The summed E-state index contributed by atoms with van der Waals surface area (Å²) < 4.78 is 0. The molecule has 4 heteroatoms. The second-order valence-corrected chi connectivity index (χ2v) is 7.50. The molecular formula is C22H54N2S2. The average molecular weight is 411 g/mol. The molecule has 0 unspecified atom stereocenters. The van der Waals surface area contributed by atoms with Crippen molar-refractivity contribution in [2.45, 2.75) is 143 Å². The van der Waals surface area contributed by atoms with Crippen LogP contribution in [0.3, 0.4) is 0 Å². The van der Waals surface area contributed by atoms with Crippen LogP contribution in [0, 0.1) is 0 Å². The van der Waals surface area contributed by atoms with Crippen molar-refractivity contribution in [3.8, 4) is 0 Å². The molecule has 0 aromatic heterocycles. The maximum Gasteiger partial charge on any atom is 0.00388 e. The Morgan fingerprint density at radius 3 is 0.769 bits per heavy atom. The Bertz CT molecular complexity index is 174. The second kappa shape index (κ2) is 30.4. The molecule has 0 saturated carbocycles. The van der Waals surface area contributed by atoms with Crippen LogP contribution in [-0.2, 0) is 0 Å². The van der Waals surface area contributed by atoms with Crippen LogP contribution in [0.5, 0.6) is 0 Å². The zero-order valence-electron chi connectivity index (χ0n) is 18.6. The molecule has 2 nitrogen and oxygen atoms in total. The first-order valence-electron chi connectivity index (χ1n) is 11.1. The smallest absolute Gasteiger partial charge is 0.00388 e. The quantitative estimate of drug-likeness (QED) is 0.265. The van der Waals surface area contributed by atoms with E-state index in [1.807, 2.05) is 0 Å². The van der Waals surface area contributed by atoms with E-state index in [0.717, 1.165) is 0 Å². The van der Waals surface area contributed by atoms with Gasteiger partial charge in [0.25, 0.3) is 0 Å². The number of hydrogen-bond acceptors (Lipinski definition) is 2. The SMILES string of the molecule is CCCCCC(N)CCCCC.CCCCCC(N)CCCCC.S.S. The van der Waals surface area contributed by atoms with Crippen LogP contribution in [0.4, 0.5) is 0 Å². The van der Waals surface area contributed by atoms with Gasteiger partial charge in [0, 0.05) is 12.1 Å². The van der Waals surface area contributed by atoms with Crippen molar-refractivity contribution in [3.63, 3.8) is 0 Å². The summed E-state index contributed by atoms with van der Waals surface area (Å²) in [6.07, 6.45) is 20.9. The number of unbranched alkanes of at least 4 members (excludes halogenated alkanes) is 8. The summed E-state index contributed by atoms with van der Waals surface area (Å²) in [5.41, 5.74) is 11.9. The molecule has 164 valence electrons. The fraction of sp³-hybridized carbons (Fsp3) is 1.00. The summed E-state index contributed by atoms with van der Waals surface area (Å²) in [5, 5.41) is 0. The monoisotopic (exact) mass is 410 g/mol. The summed E-state index contributed by atoms with van der Waals surface area (Å²) in [6.45, 7) is 8.95. The van der Waals surface area contributed by atoms with Crippen LogP contribution in [0.25, 0.3) is 0 Å². The van der Waals surface area contributed by atoms with E-state index >= 15 is 0 Å². The zero-order chi connectivity index (χ0) is 18.5. The van der Waals surface area contributed by atoms with Gasteiger partial charge in [-0.25, -0.2) is 0 Å². The molecule has 26 heavy (non-hydrogen) atoms. The van der Waals surface area contributed by atoms with Gasteiger partial charge in [0.05, 0.1) is 0 Å². The van der Waals surface area contributed by atoms with Crippen LogP contribution < -0.4 is 11.5 Å². The van der Waals surface area contributed by atoms with E-state index in [9.17, 15) is 0 Å². The normalized spacial score (nSPS) is 10.2. The number of rotatable bonds is 16. The van der Waals surface area contributed by atoms with E-state index in [2.05, 4.69) is 27.7 Å². The highest BCUT2D eigenvalue weighted by molar-refractivity contribution is 7.59. The highest BCUT2D eigenvalue weighted by Gasteiger charge is 2.01. The highest BCUT2D eigenvalue weighted by Crippen LogP contribution is 2.09. The summed E-state index contributed by atoms with van der Waals surface area (Å²) in [4.78, 5) is 0. The minimum Gasteiger partial charge on any atom is -0.328 e. The van der Waals surface area contributed by atoms with Gasteiger partial charge >= 0.3 is 0 Å². The minimum absolute atomic E-state index is 0. The first-order chi connectivity index (χ1) is 11.6. The van der Waals surface area contributed by atoms with Crippen molar-refractivity contribution in [1.82, 2.24) is 0 Å². The molecule has 0 aromatic rings. The van der Waals surface area contributed by atoms with E-state index in [1.165, 1.54) is 103 Å². The van der Waals surface area contributed by atoms with E-state index in [-0.39, 0.29) is 27.0 Å². The van der Waals surface area contributed by atoms with Gasteiger partial charge in [-0.1, -0.05) is 105 Å². The zero-order valence-corrected chi connectivity index (χ0v) is 20.6. The molecule has 0 aliphatic heterocycles. The first-order valence-corrected chi connectivity index (χ1v) is 11.1. The van der Waals surface area contributed by atoms with Gasteiger partial charge in [0.1, 0.15) is 0 Å². The van der Waals surface area contributed by atoms with Crippen molar-refractivity contribution < 1.29 is 0 Å². The first kappa shape index (κ1) is 34.1. The largest absolute Gasteiger partial charge is 0.328 e. The molecule has 0 radical (unpaired) electrons. The van der Waals surface area contributed by atoms with Gasteiger partial charge in [0.2, 0.25) is 0 Å². The van der Waals surface area contributed by atoms with E-state index < -0.39 is 0 Å². The van der Waals surface area contributed by atoms with Crippen molar-refractivity contribution in [2.75, 3.05) is 0 Å². The molecule has 0 bridgehead atoms. The maximum atomic E-state index is 5.96. The molecular weight excluding hydrogens is 356 g/mol. The van der Waals surface area contributed by atoms with Crippen molar-refractivity contribution in [3.05, 3.63) is 0 Å². The van der Waals surface area contributed by atoms with Crippen LogP contribution in [0.1, 0.15) is 130 Å². The average Bonchev–Trinajstić information content (AvgIpc) is 2.56. The molecule has 0 aliphatic rings. The molecule has 0 atom stereocenters.